The van der Waals surface area contributed by atoms with Crippen molar-refractivity contribution in [2.24, 2.45) is 0 Å². The smallest absolute Gasteiger partial charge is 0.315 e. The molecule has 0 saturated carbocycles. The van der Waals surface area contributed by atoms with Crippen molar-refractivity contribution in [2.75, 3.05) is 11.9 Å². The first-order chi connectivity index (χ1) is 9.19. The fraction of sp³-hybridized carbons (Fsp3) is 0.385. The molecule has 0 bridgehead atoms. The molecular weight excluding hydrogens is 247 g/mol. The highest BCUT2D eigenvalue weighted by Crippen LogP contribution is 2.18. The minimum absolute atomic E-state index is 0.0342. The Kier molecular flexibility index (Phi) is 4.46. The molecule has 102 valence electrons. The van der Waals surface area contributed by atoms with Gasteiger partial charge in [0.2, 0.25) is 5.89 Å². The van der Waals surface area contributed by atoms with Crippen molar-refractivity contribution in [3.05, 3.63) is 41.5 Å². The molecule has 0 amide bonds. The van der Waals surface area contributed by atoms with Gasteiger partial charge in [0.1, 0.15) is 5.82 Å². The van der Waals surface area contributed by atoms with Crippen molar-refractivity contribution < 1.29 is 8.81 Å². The van der Waals surface area contributed by atoms with E-state index < -0.39 is 0 Å². The van der Waals surface area contributed by atoms with Gasteiger partial charge in [-0.3, -0.25) is 0 Å². The Balaban J connectivity index is 1.96. The van der Waals surface area contributed by atoms with Gasteiger partial charge in [-0.2, -0.15) is 0 Å². The van der Waals surface area contributed by atoms with Gasteiger partial charge < -0.3 is 15.1 Å². The Morgan fingerprint density at radius 2 is 2.00 bits per heavy atom. The molecule has 1 atom stereocenters. The standard InChI is InChI=1S/C13H17FN4O/c1-3-15-8-12-17-18-13(19-12)16-9(2)10-4-6-11(14)7-5-10/h4-7,9,15H,3,8H2,1-2H3,(H,16,18). The number of halogens is 1. The average Bonchev–Trinajstić information content (AvgIpc) is 2.84. The predicted molar refractivity (Wildman–Crippen MR) is 70.1 cm³/mol. The van der Waals surface area contributed by atoms with Crippen LogP contribution in [-0.4, -0.2) is 16.7 Å². The first-order valence-electron chi connectivity index (χ1n) is 6.24. The second-order valence-electron chi connectivity index (χ2n) is 4.20. The van der Waals surface area contributed by atoms with Crippen LogP contribution in [0.4, 0.5) is 10.4 Å². The van der Waals surface area contributed by atoms with Crippen LogP contribution in [0, 0.1) is 5.82 Å². The molecule has 1 aromatic carbocycles. The minimum Gasteiger partial charge on any atom is -0.407 e. The molecule has 0 aliphatic heterocycles. The fourth-order valence-corrected chi connectivity index (χ4v) is 1.64. The number of aromatic nitrogens is 2. The van der Waals surface area contributed by atoms with Crippen molar-refractivity contribution in [3.8, 4) is 0 Å². The van der Waals surface area contributed by atoms with Crippen LogP contribution in [-0.2, 0) is 6.54 Å². The maximum absolute atomic E-state index is 12.8. The van der Waals surface area contributed by atoms with E-state index in [-0.39, 0.29) is 11.9 Å². The van der Waals surface area contributed by atoms with Gasteiger partial charge in [0.15, 0.2) is 0 Å². The first-order valence-corrected chi connectivity index (χ1v) is 6.24. The Labute approximate surface area is 111 Å². The third-order valence-electron chi connectivity index (χ3n) is 2.70. The van der Waals surface area contributed by atoms with Gasteiger partial charge in [-0.1, -0.05) is 24.2 Å². The largest absolute Gasteiger partial charge is 0.407 e. The summed E-state index contributed by atoms with van der Waals surface area (Å²) < 4.78 is 18.3. The van der Waals surface area contributed by atoms with Gasteiger partial charge in [-0.15, -0.1) is 5.10 Å². The topological polar surface area (TPSA) is 63.0 Å². The molecule has 0 aliphatic rings. The molecule has 2 N–H and O–H groups in total. The van der Waals surface area contributed by atoms with E-state index in [1.807, 2.05) is 13.8 Å². The number of nitrogens with zero attached hydrogens (tertiary/aromatic N) is 2. The third kappa shape index (κ3) is 3.75. The molecule has 0 fully saturated rings. The first kappa shape index (κ1) is 13.5. The minimum atomic E-state index is -0.248. The number of nitrogens with one attached hydrogen (secondary N) is 2. The second kappa shape index (κ2) is 6.29. The van der Waals surface area contributed by atoms with Crippen molar-refractivity contribution in [1.82, 2.24) is 15.5 Å². The van der Waals surface area contributed by atoms with Crippen LogP contribution < -0.4 is 10.6 Å². The Morgan fingerprint density at radius 1 is 1.26 bits per heavy atom. The monoisotopic (exact) mass is 264 g/mol. The molecule has 0 aliphatic carbocycles. The van der Waals surface area contributed by atoms with Crippen LogP contribution in [0.15, 0.2) is 28.7 Å². The Hall–Kier alpha value is -1.95. The van der Waals surface area contributed by atoms with Gasteiger partial charge in [0, 0.05) is 0 Å². The third-order valence-corrected chi connectivity index (χ3v) is 2.70. The number of rotatable bonds is 6. The van der Waals surface area contributed by atoms with Gasteiger partial charge >= 0.3 is 6.01 Å². The quantitative estimate of drug-likeness (QED) is 0.839. The molecule has 19 heavy (non-hydrogen) atoms. The van der Waals surface area contributed by atoms with Crippen molar-refractivity contribution >= 4 is 6.01 Å². The lowest BCUT2D eigenvalue weighted by Crippen LogP contribution is -2.11. The highest BCUT2D eigenvalue weighted by Gasteiger charge is 2.10. The summed E-state index contributed by atoms with van der Waals surface area (Å²) in [4.78, 5) is 0. The fourth-order valence-electron chi connectivity index (χ4n) is 1.64. The summed E-state index contributed by atoms with van der Waals surface area (Å²) in [6, 6.07) is 6.64. The molecule has 6 heteroatoms. The summed E-state index contributed by atoms with van der Waals surface area (Å²) in [5.74, 6) is 0.289. The Bertz CT molecular complexity index is 512. The zero-order valence-electron chi connectivity index (χ0n) is 11.0. The summed E-state index contributed by atoms with van der Waals surface area (Å²) in [5.41, 5.74) is 0.952. The summed E-state index contributed by atoms with van der Waals surface area (Å²) >= 11 is 0. The molecular formula is C13H17FN4O. The van der Waals surface area contributed by atoms with Gasteiger partial charge in [-0.25, -0.2) is 4.39 Å². The molecule has 5 nitrogen and oxygen atoms in total. The SMILES string of the molecule is CCNCc1nnc(NC(C)c2ccc(F)cc2)o1. The lowest BCUT2D eigenvalue weighted by atomic mass is 10.1. The van der Waals surface area contributed by atoms with E-state index in [1.165, 1.54) is 12.1 Å². The van der Waals surface area contributed by atoms with E-state index >= 15 is 0 Å². The number of benzene rings is 1. The predicted octanol–water partition coefficient (Wildman–Crippen LogP) is 2.49. The van der Waals surface area contributed by atoms with E-state index in [4.69, 9.17) is 4.42 Å². The lowest BCUT2D eigenvalue weighted by molar-refractivity contribution is 0.478. The molecule has 1 aromatic heterocycles. The molecule has 1 heterocycles. The number of hydrogen-bond donors (Lipinski definition) is 2. The van der Waals surface area contributed by atoms with E-state index in [0.717, 1.165) is 12.1 Å². The van der Waals surface area contributed by atoms with Crippen LogP contribution >= 0.6 is 0 Å². The van der Waals surface area contributed by atoms with Crippen molar-refractivity contribution in [3.63, 3.8) is 0 Å². The maximum Gasteiger partial charge on any atom is 0.315 e. The molecule has 1 unspecified atom stereocenters. The highest BCUT2D eigenvalue weighted by atomic mass is 19.1. The molecule has 2 aromatic rings. The maximum atomic E-state index is 12.8. The van der Waals surface area contributed by atoms with E-state index in [9.17, 15) is 4.39 Å². The average molecular weight is 264 g/mol. The van der Waals surface area contributed by atoms with Crippen LogP contribution in [0.3, 0.4) is 0 Å². The van der Waals surface area contributed by atoms with Crippen LogP contribution in [0.5, 0.6) is 0 Å². The molecule has 0 radical (unpaired) electrons. The summed E-state index contributed by atoms with van der Waals surface area (Å²) in [7, 11) is 0. The summed E-state index contributed by atoms with van der Waals surface area (Å²) in [6.45, 7) is 5.35. The second-order valence-corrected chi connectivity index (χ2v) is 4.20. The van der Waals surface area contributed by atoms with Gasteiger partial charge in [0.25, 0.3) is 0 Å². The lowest BCUT2D eigenvalue weighted by Gasteiger charge is -2.11. The van der Waals surface area contributed by atoms with Crippen molar-refractivity contribution in [2.45, 2.75) is 26.4 Å². The van der Waals surface area contributed by atoms with E-state index in [2.05, 4.69) is 20.8 Å². The van der Waals surface area contributed by atoms with Gasteiger partial charge in [-0.05, 0) is 31.2 Å². The highest BCUT2D eigenvalue weighted by molar-refractivity contribution is 5.28. The van der Waals surface area contributed by atoms with Crippen LogP contribution in [0.2, 0.25) is 0 Å². The van der Waals surface area contributed by atoms with Gasteiger partial charge in [0.05, 0.1) is 12.6 Å². The summed E-state index contributed by atoms with van der Waals surface area (Å²) in [6.07, 6.45) is 0. The summed E-state index contributed by atoms with van der Waals surface area (Å²) in [5, 5.41) is 14.0. The normalized spacial score (nSPS) is 12.4. The molecule has 0 saturated heterocycles. The number of anilines is 1. The van der Waals surface area contributed by atoms with Crippen molar-refractivity contribution in [1.29, 1.82) is 0 Å². The van der Waals surface area contributed by atoms with E-state index in [1.54, 1.807) is 12.1 Å². The van der Waals surface area contributed by atoms with Crippen LogP contribution in [0.25, 0.3) is 0 Å². The van der Waals surface area contributed by atoms with Crippen LogP contribution in [0.1, 0.15) is 31.3 Å². The zero-order valence-corrected chi connectivity index (χ0v) is 11.0. The molecule has 0 spiro atoms. The van der Waals surface area contributed by atoms with E-state index in [0.29, 0.717) is 18.5 Å². The number of hydrogen-bond acceptors (Lipinski definition) is 5. The zero-order chi connectivity index (χ0) is 13.7. The molecule has 2 rings (SSSR count). The Morgan fingerprint density at radius 3 is 2.68 bits per heavy atom.